The molecule has 0 spiro atoms. The fourth-order valence-corrected chi connectivity index (χ4v) is 1.12. The third kappa shape index (κ3) is 5.84. The molecule has 0 N–H and O–H groups in total. The number of carbonyl (C=O) groups excluding carboxylic acids is 1. The van der Waals surface area contributed by atoms with Crippen LogP contribution in [0.1, 0.15) is 39.5 Å². The maximum atomic E-state index is 10.2. The summed E-state index contributed by atoms with van der Waals surface area (Å²) in [6.07, 6.45) is 9.37. The predicted molar refractivity (Wildman–Crippen MR) is 48.5 cm³/mol. The van der Waals surface area contributed by atoms with Gasteiger partial charge in [0.1, 0.15) is 6.29 Å². The lowest BCUT2D eigenvalue weighted by Crippen LogP contribution is -1.98. The molecule has 0 aromatic heterocycles. The van der Waals surface area contributed by atoms with Gasteiger partial charge in [-0.15, -0.1) is 0 Å². The van der Waals surface area contributed by atoms with Gasteiger partial charge in [-0.25, -0.2) is 0 Å². The van der Waals surface area contributed by atoms with Crippen molar-refractivity contribution in [2.45, 2.75) is 39.5 Å². The van der Waals surface area contributed by atoms with Gasteiger partial charge >= 0.3 is 0 Å². The lowest BCUT2D eigenvalue weighted by atomic mass is 9.97. The van der Waals surface area contributed by atoms with Crippen LogP contribution in [0.3, 0.4) is 0 Å². The van der Waals surface area contributed by atoms with Crippen molar-refractivity contribution in [2.24, 2.45) is 5.92 Å². The Hall–Kier alpha value is -0.590. The van der Waals surface area contributed by atoms with Crippen LogP contribution in [-0.2, 0) is 4.79 Å². The molecule has 0 saturated carbocycles. The lowest BCUT2D eigenvalue weighted by molar-refractivity contribution is -0.108. The smallest absolute Gasteiger partial charge is 0.120 e. The standard InChI is InChI=1S/C10H18O/c1-3-5-6-7-10(4-2)8-9-11/h3,5,9-10H,4,6-8H2,1-2H3. The van der Waals surface area contributed by atoms with Gasteiger partial charge in [-0.2, -0.15) is 0 Å². The van der Waals surface area contributed by atoms with Gasteiger partial charge in [0.25, 0.3) is 0 Å². The summed E-state index contributed by atoms with van der Waals surface area (Å²) in [6, 6.07) is 0. The van der Waals surface area contributed by atoms with E-state index in [1.807, 2.05) is 6.92 Å². The Labute approximate surface area is 69.5 Å². The Balaban J connectivity index is 3.42. The SMILES string of the molecule is CC=CCCC(CC)CC=O. The summed E-state index contributed by atoms with van der Waals surface area (Å²) in [4.78, 5) is 10.2. The molecule has 0 aliphatic heterocycles. The highest BCUT2D eigenvalue weighted by atomic mass is 16.1. The van der Waals surface area contributed by atoms with E-state index in [1.165, 1.54) is 0 Å². The van der Waals surface area contributed by atoms with Gasteiger partial charge in [-0.1, -0.05) is 25.5 Å². The highest BCUT2D eigenvalue weighted by molar-refractivity contribution is 5.49. The summed E-state index contributed by atoms with van der Waals surface area (Å²) in [5.74, 6) is 0.601. The molecule has 0 aromatic carbocycles. The first-order valence-electron chi connectivity index (χ1n) is 4.39. The van der Waals surface area contributed by atoms with Crippen molar-refractivity contribution >= 4 is 6.29 Å². The number of carbonyl (C=O) groups is 1. The molecule has 0 aromatic rings. The number of allylic oxidation sites excluding steroid dienone is 2. The number of aldehydes is 1. The molecule has 1 unspecified atom stereocenters. The van der Waals surface area contributed by atoms with E-state index in [-0.39, 0.29) is 0 Å². The van der Waals surface area contributed by atoms with E-state index in [0.29, 0.717) is 5.92 Å². The number of hydrogen-bond acceptors (Lipinski definition) is 1. The summed E-state index contributed by atoms with van der Waals surface area (Å²) < 4.78 is 0. The molecule has 1 heteroatoms. The largest absolute Gasteiger partial charge is 0.303 e. The van der Waals surface area contributed by atoms with E-state index in [9.17, 15) is 4.79 Å². The van der Waals surface area contributed by atoms with Crippen molar-refractivity contribution < 1.29 is 4.79 Å². The Bertz CT molecular complexity index is 116. The first kappa shape index (κ1) is 10.4. The Morgan fingerprint density at radius 2 is 2.18 bits per heavy atom. The summed E-state index contributed by atoms with van der Waals surface area (Å²) >= 11 is 0. The Kier molecular flexibility index (Phi) is 7.11. The van der Waals surface area contributed by atoms with Gasteiger partial charge < -0.3 is 4.79 Å². The van der Waals surface area contributed by atoms with Crippen molar-refractivity contribution in [1.29, 1.82) is 0 Å². The third-order valence-electron chi connectivity index (χ3n) is 1.98. The third-order valence-corrected chi connectivity index (χ3v) is 1.98. The molecule has 0 bridgehead atoms. The van der Waals surface area contributed by atoms with Crippen LogP contribution in [0.25, 0.3) is 0 Å². The monoisotopic (exact) mass is 154 g/mol. The lowest BCUT2D eigenvalue weighted by Gasteiger charge is -2.08. The summed E-state index contributed by atoms with van der Waals surface area (Å²) in [5, 5.41) is 0. The topological polar surface area (TPSA) is 17.1 Å². The molecular formula is C10H18O. The van der Waals surface area contributed by atoms with Crippen molar-refractivity contribution in [3.8, 4) is 0 Å². The van der Waals surface area contributed by atoms with E-state index in [2.05, 4.69) is 19.1 Å². The highest BCUT2D eigenvalue weighted by Crippen LogP contribution is 2.13. The molecular weight excluding hydrogens is 136 g/mol. The van der Waals surface area contributed by atoms with E-state index in [1.54, 1.807) is 0 Å². The average molecular weight is 154 g/mol. The molecule has 0 saturated heterocycles. The zero-order valence-corrected chi connectivity index (χ0v) is 7.55. The van der Waals surface area contributed by atoms with Gasteiger partial charge in [-0.05, 0) is 25.7 Å². The van der Waals surface area contributed by atoms with Crippen molar-refractivity contribution in [2.75, 3.05) is 0 Å². The normalized spacial score (nSPS) is 13.6. The van der Waals surface area contributed by atoms with Crippen molar-refractivity contribution in [1.82, 2.24) is 0 Å². The molecule has 11 heavy (non-hydrogen) atoms. The predicted octanol–water partition coefficient (Wildman–Crippen LogP) is 2.96. The Morgan fingerprint density at radius 3 is 2.64 bits per heavy atom. The van der Waals surface area contributed by atoms with Gasteiger partial charge in [0.05, 0.1) is 0 Å². The quantitative estimate of drug-likeness (QED) is 0.424. The van der Waals surface area contributed by atoms with Crippen LogP contribution in [0, 0.1) is 5.92 Å². The summed E-state index contributed by atoms with van der Waals surface area (Å²) in [5.41, 5.74) is 0. The second-order valence-corrected chi connectivity index (χ2v) is 2.82. The molecule has 0 rings (SSSR count). The molecule has 0 amide bonds. The minimum Gasteiger partial charge on any atom is -0.303 e. The van der Waals surface area contributed by atoms with E-state index >= 15 is 0 Å². The minimum absolute atomic E-state index is 0.601. The Morgan fingerprint density at radius 1 is 1.45 bits per heavy atom. The molecule has 1 nitrogen and oxygen atoms in total. The van der Waals surface area contributed by atoms with Crippen LogP contribution in [0.15, 0.2) is 12.2 Å². The maximum Gasteiger partial charge on any atom is 0.120 e. The first-order valence-corrected chi connectivity index (χ1v) is 4.39. The number of hydrogen-bond donors (Lipinski definition) is 0. The first-order chi connectivity index (χ1) is 5.35. The molecule has 0 radical (unpaired) electrons. The van der Waals surface area contributed by atoms with Gasteiger partial charge in [-0.3, -0.25) is 0 Å². The molecule has 64 valence electrons. The van der Waals surface area contributed by atoms with Crippen LogP contribution >= 0.6 is 0 Å². The van der Waals surface area contributed by atoms with Gasteiger partial charge in [0.2, 0.25) is 0 Å². The van der Waals surface area contributed by atoms with E-state index < -0.39 is 0 Å². The molecule has 0 heterocycles. The maximum absolute atomic E-state index is 10.2. The molecule has 0 fully saturated rings. The zero-order chi connectivity index (χ0) is 8.53. The van der Waals surface area contributed by atoms with E-state index in [0.717, 1.165) is 32.0 Å². The van der Waals surface area contributed by atoms with Crippen LogP contribution in [0.4, 0.5) is 0 Å². The second-order valence-electron chi connectivity index (χ2n) is 2.82. The van der Waals surface area contributed by atoms with E-state index in [4.69, 9.17) is 0 Å². The molecule has 0 aliphatic carbocycles. The molecule has 1 atom stereocenters. The highest BCUT2D eigenvalue weighted by Gasteiger charge is 2.02. The fourth-order valence-electron chi connectivity index (χ4n) is 1.12. The van der Waals surface area contributed by atoms with Gasteiger partial charge in [0.15, 0.2) is 0 Å². The van der Waals surface area contributed by atoms with Gasteiger partial charge in [0, 0.05) is 6.42 Å². The minimum atomic E-state index is 0.601. The summed E-state index contributed by atoms with van der Waals surface area (Å²) in [7, 11) is 0. The van der Waals surface area contributed by atoms with Crippen molar-refractivity contribution in [3.63, 3.8) is 0 Å². The van der Waals surface area contributed by atoms with Crippen LogP contribution in [0.2, 0.25) is 0 Å². The van der Waals surface area contributed by atoms with Crippen LogP contribution < -0.4 is 0 Å². The van der Waals surface area contributed by atoms with Crippen LogP contribution in [0.5, 0.6) is 0 Å². The van der Waals surface area contributed by atoms with Crippen molar-refractivity contribution in [3.05, 3.63) is 12.2 Å². The summed E-state index contributed by atoms with van der Waals surface area (Å²) in [6.45, 7) is 4.17. The average Bonchev–Trinajstić information content (AvgIpc) is 2.03. The van der Waals surface area contributed by atoms with Crippen LogP contribution in [-0.4, -0.2) is 6.29 Å². The second kappa shape index (κ2) is 7.52. The zero-order valence-electron chi connectivity index (χ0n) is 7.55. The number of rotatable bonds is 6. The molecule has 0 aliphatic rings. The fraction of sp³-hybridized carbons (Fsp3) is 0.700.